The number of ether oxygens (including phenoxy) is 6. The lowest BCUT2D eigenvalue weighted by molar-refractivity contribution is -0.306. The standard InChI is InChI=1S/C53H97N19O16/c1-17(20-5-6-21-31-22(12-29(75)53(20,21)3)52(2)9-8-19(73)10-18(52)11-25(31)74)4-7-30(76)66-16-28-40(86-41-32(71-50(62)63)35(78)26(83-43(41)82)14-67-46(54)55)38(81)45(85-28)88-42-34(77)23(69-48(58)59)13-24(70-49(60)61)39(42)87-44-33(72-51(64)65)37(80)36(79)27(84-44)15-68-47(56)57/h17-29,31-45,73-75,77-82H,4-16H2,1-3H3,(H,66,76)(H4,54,55,67)(H4,56,57,68)(H4,58,59,69)(H4,60,61,70)(H4,62,63,71)(H4,64,65,72)/t17-,18?,19-,20-,21?,22?,23-,24+,25?,26-,27-,28-,29+,31?,32-,33-,34+,35-,36-,37-,38-,39-,40-,41-,42-,43+,44-,45?,52+,53-/m1/s1. The maximum atomic E-state index is 14.1. The van der Waals surface area contributed by atoms with Gasteiger partial charge < -0.3 is 149 Å². The van der Waals surface area contributed by atoms with Crippen LogP contribution in [-0.2, 0) is 33.2 Å². The monoisotopic (exact) mass is 1260 g/mol. The fourth-order valence-electron chi connectivity index (χ4n) is 16.2. The molecule has 3 heterocycles. The van der Waals surface area contributed by atoms with Crippen LogP contribution in [-0.4, -0.2) is 242 Å². The number of rotatable bonds is 20. The number of hydrogen-bond donors (Lipinski definition) is 22. The first-order chi connectivity index (χ1) is 41.3. The fraction of sp³-hybridized carbons (Fsp3) is 0.868. The number of aliphatic hydroxyl groups excluding tert-OH is 9. The van der Waals surface area contributed by atoms with Crippen molar-refractivity contribution in [3.05, 3.63) is 0 Å². The minimum Gasteiger partial charge on any atom is -0.393 e. The highest BCUT2D eigenvalue weighted by Crippen LogP contribution is 2.68. The molecular formula is C53H97N19O16. The van der Waals surface area contributed by atoms with Crippen molar-refractivity contribution in [2.45, 2.75) is 220 Å². The molecule has 1 amide bonds. The molecule has 8 rings (SSSR count). The van der Waals surface area contributed by atoms with Crippen LogP contribution in [0.1, 0.15) is 85.0 Å². The minimum absolute atomic E-state index is 0.00534. The van der Waals surface area contributed by atoms with E-state index in [0.29, 0.717) is 32.1 Å². The predicted octanol–water partition coefficient (Wildman–Crippen LogP) is -9.51. The number of fused-ring (bicyclic) bond motifs is 5. The summed E-state index contributed by atoms with van der Waals surface area (Å²) in [6.07, 6.45) is -21.8. The number of nitrogens with one attached hydrogen (secondary N) is 1. The predicted molar refractivity (Wildman–Crippen MR) is 316 cm³/mol. The zero-order valence-corrected chi connectivity index (χ0v) is 49.9. The quantitative estimate of drug-likeness (QED) is 0.0398. The van der Waals surface area contributed by atoms with Gasteiger partial charge in [0.15, 0.2) is 54.6 Å². The van der Waals surface area contributed by atoms with Gasteiger partial charge in [0.25, 0.3) is 0 Å². The van der Waals surface area contributed by atoms with E-state index in [1.165, 1.54) is 0 Å². The highest BCUT2D eigenvalue weighted by atomic mass is 16.7. The molecule has 8 fully saturated rings. The Kier molecular flexibility index (Phi) is 21.7. The van der Waals surface area contributed by atoms with E-state index in [4.69, 9.17) is 97.2 Å². The topological polar surface area (TPSA) is 653 Å². The van der Waals surface area contributed by atoms with E-state index in [2.05, 4.69) is 56.0 Å². The van der Waals surface area contributed by atoms with Gasteiger partial charge in [0.1, 0.15) is 85.3 Å². The summed E-state index contributed by atoms with van der Waals surface area (Å²) < 4.78 is 37.7. The van der Waals surface area contributed by atoms with Crippen molar-refractivity contribution in [1.82, 2.24) is 5.32 Å². The van der Waals surface area contributed by atoms with Crippen LogP contribution in [0.3, 0.4) is 0 Å². The molecule has 30 atom stereocenters. The van der Waals surface area contributed by atoms with Crippen molar-refractivity contribution < 1.29 is 79.2 Å². The van der Waals surface area contributed by atoms with Crippen molar-refractivity contribution in [1.29, 1.82) is 0 Å². The number of nitrogens with zero attached hydrogens (tertiary/aromatic N) is 6. The molecule has 35 nitrogen and oxygen atoms in total. The Morgan fingerprint density at radius 2 is 1.16 bits per heavy atom. The Morgan fingerprint density at radius 3 is 1.78 bits per heavy atom. The van der Waals surface area contributed by atoms with Gasteiger partial charge >= 0.3 is 0 Å². The Hall–Kier alpha value is -5.51. The van der Waals surface area contributed by atoms with E-state index in [-0.39, 0.29) is 72.2 Å². The molecule has 3 aliphatic heterocycles. The lowest BCUT2D eigenvalue weighted by Gasteiger charge is -2.63. The van der Waals surface area contributed by atoms with Gasteiger partial charge in [-0.25, -0.2) is 20.0 Å². The van der Waals surface area contributed by atoms with Crippen molar-refractivity contribution >= 4 is 41.7 Å². The van der Waals surface area contributed by atoms with Crippen molar-refractivity contribution in [3.63, 3.8) is 0 Å². The van der Waals surface area contributed by atoms with E-state index in [0.717, 1.165) is 19.3 Å². The lowest BCUT2D eigenvalue weighted by atomic mass is 9.43. The zero-order valence-electron chi connectivity index (χ0n) is 49.9. The van der Waals surface area contributed by atoms with E-state index >= 15 is 0 Å². The van der Waals surface area contributed by atoms with Crippen LogP contribution < -0.4 is 74.1 Å². The molecule has 88 heavy (non-hydrogen) atoms. The zero-order chi connectivity index (χ0) is 64.6. The molecular weight excluding hydrogens is 1160 g/mol. The van der Waals surface area contributed by atoms with Crippen LogP contribution in [0.5, 0.6) is 0 Å². The van der Waals surface area contributed by atoms with Crippen LogP contribution in [0.2, 0.25) is 0 Å². The second-order valence-corrected chi connectivity index (χ2v) is 25.8. The number of aliphatic hydroxyl groups is 9. The molecule has 6 unspecified atom stereocenters. The summed E-state index contributed by atoms with van der Waals surface area (Å²) in [4.78, 5) is 38.7. The first-order valence-corrected chi connectivity index (χ1v) is 30.1. The Bertz CT molecular complexity index is 2570. The average molecular weight is 1260 g/mol. The molecule has 0 aromatic rings. The number of guanidine groups is 6. The van der Waals surface area contributed by atoms with E-state index in [1.807, 2.05) is 0 Å². The first kappa shape index (κ1) is 68.4. The van der Waals surface area contributed by atoms with Gasteiger partial charge in [0.05, 0.1) is 43.5 Å². The molecule has 35 heteroatoms. The van der Waals surface area contributed by atoms with Crippen molar-refractivity contribution in [2.24, 2.45) is 145 Å². The highest BCUT2D eigenvalue weighted by molar-refractivity contribution is 5.78. The second kappa shape index (κ2) is 27.9. The molecule has 0 radical (unpaired) electrons. The summed E-state index contributed by atoms with van der Waals surface area (Å²) in [6, 6.07) is -5.67. The molecule has 5 aliphatic carbocycles. The minimum atomic E-state index is -1.96. The first-order valence-electron chi connectivity index (χ1n) is 30.1. The molecule has 0 spiro atoms. The maximum Gasteiger partial charge on any atom is 0.220 e. The van der Waals surface area contributed by atoms with Crippen molar-refractivity contribution in [3.8, 4) is 0 Å². The largest absolute Gasteiger partial charge is 0.393 e. The SMILES string of the molecule is C[C@H](CCC(=O)NC[C@H]1OC(O[C@@H]2[C@@H](O)[C@H](N=C(N)N)C[C@H](N=C(N)N)[C@H]2O[C@H]2O[C@H](CN=C(N)N)[C@@H](O)[C@H](O)[C@H]2N=C(N)N)[C@H](O)[C@@H]1O[C@@H]1[C@H](N=C(N)N)[C@H](O)[C@@H](CN=C(N)N)O[C@@H]1O)[C@H]1CCC2C3C(O)CC4C[C@H](O)CC[C@]4(C)C3C[C@H](O)[C@@]21C. The normalized spacial score (nSPS) is 45.0. The number of nitrogens with two attached hydrogens (primary N) is 12. The van der Waals surface area contributed by atoms with Crippen LogP contribution in [0, 0.1) is 46.3 Å². The number of hydrogen-bond acceptors (Lipinski definition) is 22. The molecule has 0 aromatic heterocycles. The van der Waals surface area contributed by atoms with Gasteiger partial charge in [0, 0.05) is 13.0 Å². The van der Waals surface area contributed by atoms with Crippen LogP contribution in [0.15, 0.2) is 30.0 Å². The number of amides is 1. The number of carbonyl (C=O) groups is 1. The molecule has 0 aromatic carbocycles. The van der Waals surface area contributed by atoms with E-state index in [1.54, 1.807) is 0 Å². The highest BCUT2D eigenvalue weighted by Gasteiger charge is 2.66. The van der Waals surface area contributed by atoms with Gasteiger partial charge in [-0.2, -0.15) is 0 Å². The van der Waals surface area contributed by atoms with Crippen molar-refractivity contribution in [2.75, 3.05) is 19.6 Å². The summed E-state index contributed by atoms with van der Waals surface area (Å²) in [7, 11) is 0. The fourth-order valence-corrected chi connectivity index (χ4v) is 16.2. The van der Waals surface area contributed by atoms with Gasteiger partial charge in [-0.1, -0.05) is 20.8 Å². The van der Waals surface area contributed by atoms with Gasteiger partial charge in [0.2, 0.25) is 5.91 Å². The van der Waals surface area contributed by atoms with Crippen LogP contribution in [0.4, 0.5) is 0 Å². The molecule has 3 saturated heterocycles. The third kappa shape index (κ3) is 14.5. The van der Waals surface area contributed by atoms with E-state index in [9.17, 15) is 50.8 Å². The van der Waals surface area contributed by atoms with E-state index < -0.39 is 183 Å². The number of carbonyl (C=O) groups excluding carboxylic acids is 1. The summed E-state index contributed by atoms with van der Waals surface area (Å²) in [5.74, 6) is -2.99. The Morgan fingerprint density at radius 1 is 0.568 bits per heavy atom. The van der Waals surface area contributed by atoms with Crippen LogP contribution in [0.25, 0.3) is 0 Å². The lowest BCUT2D eigenvalue weighted by Crippen LogP contribution is -2.64. The molecule has 8 aliphatic rings. The Balaban J connectivity index is 1.06. The molecule has 0 bridgehead atoms. The molecule has 5 saturated carbocycles. The second-order valence-electron chi connectivity index (χ2n) is 25.8. The summed E-state index contributed by atoms with van der Waals surface area (Å²) in [5.41, 5.74) is 68.4. The van der Waals surface area contributed by atoms with Crippen LogP contribution >= 0.6 is 0 Å². The average Bonchev–Trinajstić information content (AvgIpc) is 1.32. The third-order valence-electron chi connectivity index (χ3n) is 20.4. The molecule has 500 valence electrons. The third-order valence-corrected chi connectivity index (χ3v) is 20.4. The van der Waals surface area contributed by atoms with Gasteiger partial charge in [-0.05, 0) is 104 Å². The summed E-state index contributed by atoms with van der Waals surface area (Å²) in [6.45, 7) is 5.30. The maximum absolute atomic E-state index is 14.1. The van der Waals surface area contributed by atoms with Gasteiger partial charge in [-0.15, -0.1) is 0 Å². The molecule has 34 N–H and O–H groups in total. The summed E-state index contributed by atoms with van der Waals surface area (Å²) in [5, 5.41) is 108. The smallest absolute Gasteiger partial charge is 0.220 e. The number of aliphatic imine (C=N–C) groups is 6. The van der Waals surface area contributed by atoms with Gasteiger partial charge in [-0.3, -0.25) is 14.8 Å². The summed E-state index contributed by atoms with van der Waals surface area (Å²) >= 11 is 0. The Labute approximate surface area is 509 Å².